The molecule has 2 N–H and O–H groups in total. The molecule has 0 fully saturated rings. The molecule has 2 aromatic heterocycles. The fraction of sp³-hybridized carbons (Fsp3) is 0.462. The van der Waals surface area contributed by atoms with Gasteiger partial charge in [-0.1, -0.05) is 6.07 Å². The van der Waals surface area contributed by atoms with Crippen LogP contribution in [0.4, 0.5) is 0 Å². The van der Waals surface area contributed by atoms with Gasteiger partial charge in [0.2, 0.25) is 5.91 Å². The van der Waals surface area contributed by atoms with Gasteiger partial charge in [0.25, 0.3) is 0 Å². The summed E-state index contributed by atoms with van der Waals surface area (Å²) in [5.74, 6) is -0.329. The van der Waals surface area contributed by atoms with E-state index in [1.807, 2.05) is 0 Å². The van der Waals surface area contributed by atoms with E-state index in [1.54, 1.807) is 24.4 Å². The smallest absolute Gasteiger partial charge is 0.350 e. The summed E-state index contributed by atoms with van der Waals surface area (Å²) >= 11 is 0. The Morgan fingerprint density at radius 3 is 3.05 bits per heavy atom. The van der Waals surface area contributed by atoms with Crippen molar-refractivity contribution in [3.05, 3.63) is 34.9 Å². The van der Waals surface area contributed by atoms with Crippen LogP contribution in [0.2, 0.25) is 0 Å². The average Bonchev–Trinajstić information content (AvgIpc) is 2.76. The van der Waals surface area contributed by atoms with Gasteiger partial charge in [-0.25, -0.2) is 9.48 Å². The van der Waals surface area contributed by atoms with Crippen LogP contribution in [0.1, 0.15) is 6.42 Å². The highest BCUT2D eigenvalue weighted by Gasteiger charge is 2.10. The molecule has 8 heteroatoms. The Bertz CT molecular complexity index is 663. The molecule has 2 rings (SSSR count). The molecule has 1 amide bonds. The van der Waals surface area contributed by atoms with Crippen LogP contribution >= 0.6 is 0 Å². The number of aliphatic hydroxyl groups is 1. The topological polar surface area (TPSA) is 97.9 Å². The van der Waals surface area contributed by atoms with Crippen LogP contribution < -0.4 is 11.0 Å². The largest absolute Gasteiger partial charge is 0.391 e. The number of amides is 1. The number of hydrogen-bond acceptors (Lipinski definition) is 5. The van der Waals surface area contributed by atoms with E-state index in [1.165, 1.54) is 11.5 Å². The van der Waals surface area contributed by atoms with Crippen molar-refractivity contribution < 1.29 is 14.6 Å². The monoisotopic (exact) mass is 294 g/mol. The SMILES string of the molecule is COCC(O)CCNC(=O)Cn1nc2ccccn2c1=O. The Labute approximate surface area is 121 Å². The Morgan fingerprint density at radius 1 is 1.52 bits per heavy atom. The van der Waals surface area contributed by atoms with E-state index in [4.69, 9.17) is 4.74 Å². The zero-order chi connectivity index (χ0) is 15.2. The third-order valence-corrected chi connectivity index (χ3v) is 2.94. The molecule has 0 radical (unpaired) electrons. The molecule has 8 nitrogen and oxygen atoms in total. The lowest BCUT2D eigenvalue weighted by molar-refractivity contribution is -0.122. The summed E-state index contributed by atoms with van der Waals surface area (Å²) in [4.78, 5) is 23.7. The lowest BCUT2D eigenvalue weighted by Crippen LogP contribution is -2.34. The lowest BCUT2D eigenvalue weighted by Gasteiger charge is -2.09. The number of pyridine rings is 1. The van der Waals surface area contributed by atoms with E-state index >= 15 is 0 Å². The van der Waals surface area contributed by atoms with Crippen molar-refractivity contribution in [3.8, 4) is 0 Å². The summed E-state index contributed by atoms with van der Waals surface area (Å²) < 4.78 is 7.26. The minimum atomic E-state index is -0.617. The van der Waals surface area contributed by atoms with Gasteiger partial charge >= 0.3 is 5.69 Å². The minimum absolute atomic E-state index is 0.152. The number of aromatic nitrogens is 3. The fourth-order valence-corrected chi connectivity index (χ4v) is 1.92. The van der Waals surface area contributed by atoms with Crippen molar-refractivity contribution in [2.75, 3.05) is 20.3 Å². The van der Waals surface area contributed by atoms with Crippen molar-refractivity contribution in [2.45, 2.75) is 19.1 Å². The highest BCUT2D eigenvalue weighted by molar-refractivity contribution is 5.75. The molecular formula is C13H18N4O4. The predicted octanol–water partition coefficient (Wildman–Crippen LogP) is -0.990. The fourth-order valence-electron chi connectivity index (χ4n) is 1.92. The van der Waals surface area contributed by atoms with E-state index < -0.39 is 6.10 Å². The normalized spacial score (nSPS) is 12.5. The first kappa shape index (κ1) is 15.2. The van der Waals surface area contributed by atoms with Crippen molar-refractivity contribution in [1.29, 1.82) is 0 Å². The number of ether oxygens (including phenoxy) is 1. The number of methoxy groups -OCH3 is 1. The van der Waals surface area contributed by atoms with Crippen molar-refractivity contribution in [3.63, 3.8) is 0 Å². The lowest BCUT2D eigenvalue weighted by atomic mass is 10.2. The van der Waals surface area contributed by atoms with Crippen molar-refractivity contribution >= 4 is 11.6 Å². The first-order valence-corrected chi connectivity index (χ1v) is 6.59. The molecule has 1 atom stereocenters. The predicted molar refractivity (Wildman–Crippen MR) is 75.0 cm³/mol. The average molecular weight is 294 g/mol. The summed E-state index contributed by atoms with van der Waals surface area (Å²) in [6.45, 7) is 0.383. The molecule has 0 aliphatic carbocycles. The molecule has 0 saturated carbocycles. The van der Waals surface area contributed by atoms with Gasteiger partial charge in [-0.15, -0.1) is 5.10 Å². The van der Waals surface area contributed by atoms with Gasteiger partial charge in [0.05, 0.1) is 12.7 Å². The zero-order valence-corrected chi connectivity index (χ0v) is 11.7. The first-order valence-electron chi connectivity index (χ1n) is 6.59. The van der Waals surface area contributed by atoms with E-state index in [-0.39, 0.29) is 24.7 Å². The molecule has 21 heavy (non-hydrogen) atoms. The first-order chi connectivity index (χ1) is 10.1. The zero-order valence-electron chi connectivity index (χ0n) is 11.7. The Kier molecular flexibility index (Phi) is 5.07. The molecule has 114 valence electrons. The summed E-state index contributed by atoms with van der Waals surface area (Å²) in [6.07, 6.45) is 1.37. The molecule has 0 saturated heterocycles. The second-order valence-corrected chi connectivity index (χ2v) is 4.62. The quantitative estimate of drug-likeness (QED) is 0.683. The van der Waals surface area contributed by atoms with E-state index in [0.717, 1.165) is 4.68 Å². The van der Waals surface area contributed by atoms with Gasteiger partial charge in [-0.2, -0.15) is 0 Å². The highest BCUT2D eigenvalue weighted by Crippen LogP contribution is 1.95. The molecule has 0 aromatic carbocycles. The maximum absolute atomic E-state index is 12.0. The van der Waals surface area contributed by atoms with Crippen molar-refractivity contribution in [1.82, 2.24) is 19.5 Å². The van der Waals surface area contributed by atoms with Crippen LogP contribution in [0.5, 0.6) is 0 Å². The van der Waals surface area contributed by atoms with Gasteiger partial charge in [0.1, 0.15) is 6.54 Å². The van der Waals surface area contributed by atoms with Crippen LogP contribution in [0, 0.1) is 0 Å². The summed E-state index contributed by atoms with van der Waals surface area (Å²) in [5, 5.41) is 16.1. The highest BCUT2D eigenvalue weighted by atomic mass is 16.5. The maximum atomic E-state index is 12.0. The number of aliphatic hydroxyl groups excluding tert-OH is 1. The number of carbonyl (C=O) groups is 1. The molecule has 0 aliphatic rings. The Balaban J connectivity index is 1.90. The number of carbonyl (C=O) groups excluding carboxylic acids is 1. The summed E-state index contributed by atoms with van der Waals surface area (Å²) in [7, 11) is 1.50. The minimum Gasteiger partial charge on any atom is -0.391 e. The van der Waals surface area contributed by atoms with E-state index in [2.05, 4.69) is 10.4 Å². The van der Waals surface area contributed by atoms with Crippen LogP contribution in [-0.4, -0.2) is 51.6 Å². The third-order valence-electron chi connectivity index (χ3n) is 2.94. The second-order valence-electron chi connectivity index (χ2n) is 4.62. The number of nitrogens with zero attached hydrogens (tertiary/aromatic N) is 3. The maximum Gasteiger partial charge on any atom is 0.350 e. The van der Waals surface area contributed by atoms with Gasteiger partial charge in [-0.05, 0) is 18.6 Å². The van der Waals surface area contributed by atoms with Gasteiger partial charge in [0.15, 0.2) is 5.65 Å². The molecule has 2 heterocycles. The van der Waals surface area contributed by atoms with Gasteiger partial charge < -0.3 is 15.2 Å². The third kappa shape index (κ3) is 3.89. The Morgan fingerprint density at radius 2 is 2.33 bits per heavy atom. The molecule has 0 spiro atoms. The van der Waals surface area contributed by atoms with Crippen LogP contribution in [-0.2, 0) is 16.1 Å². The molecule has 0 aliphatic heterocycles. The summed E-state index contributed by atoms with van der Waals surface area (Å²) in [5.41, 5.74) is 0.131. The van der Waals surface area contributed by atoms with Crippen LogP contribution in [0.25, 0.3) is 5.65 Å². The number of hydrogen-bond donors (Lipinski definition) is 2. The number of rotatable bonds is 7. The van der Waals surface area contributed by atoms with Gasteiger partial charge in [0, 0.05) is 19.9 Å². The summed E-state index contributed by atoms with van der Waals surface area (Å²) in [6, 6.07) is 5.18. The number of nitrogens with one attached hydrogen (secondary N) is 1. The Hall–Kier alpha value is -2.19. The van der Waals surface area contributed by atoms with E-state index in [9.17, 15) is 14.7 Å². The molecular weight excluding hydrogens is 276 g/mol. The molecule has 2 aromatic rings. The second kappa shape index (κ2) is 7.00. The number of fused-ring (bicyclic) bond motifs is 1. The van der Waals surface area contributed by atoms with Crippen LogP contribution in [0.15, 0.2) is 29.2 Å². The van der Waals surface area contributed by atoms with Crippen LogP contribution in [0.3, 0.4) is 0 Å². The standard InChI is InChI=1S/C13H18N4O4/c1-21-9-10(18)5-6-14-12(19)8-17-13(20)16-7-3-2-4-11(16)15-17/h2-4,7,10,18H,5-6,8-9H2,1H3,(H,14,19). The van der Waals surface area contributed by atoms with Crippen molar-refractivity contribution in [2.24, 2.45) is 0 Å². The van der Waals surface area contributed by atoms with Gasteiger partial charge in [-0.3, -0.25) is 9.20 Å². The van der Waals surface area contributed by atoms with E-state index in [0.29, 0.717) is 18.6 Å². The molecule has 1 unspecified atom stereocenters. The molecule has 0 bridgehead atoms.